The van der Waals surface area contributed by atoms with E-state index in [1.807, 2.05) is 39.1 Å². The van der Waals surface area contributed by atoms with Crippen LogP contribution in [0.2, 0.25) is 0 Å². The number of aromatic nitrogens is 4. The number of hydrogen-bond acceptors (Lipinski definition) is 3. The van der Waals surface area contributed by atoms with Gasteiger partial charge in [0.1, 0.15) is 5.82 Å². The average molecular weight is 355 g/mol. The first-order chi connectivity index (χ1) is 12.6. The van der Waals surface area contributed by atoms with Crippen molar-refractivity contribution in [2.24, 2.45) is 0 Å². The van der Waals surface area contributed by atoms with Crippen LogP contribution >= 0.6 is 0 Å². The average Bonchev–Trinajstić information content (AvgIpc) is 3.17. The van der Waals surface area contributed by atoms with Gasteiger partial charge in [0.2, 0.25) is 0 Å². The van der Waals surface area contributed by atoms with Gasteiger partial charge in [-0.25, -0.2) is 9.78 Å². The van der Waals surface area contributed by atoms with Gasteiger partial charge in [0.25, 0.3) is 5.91 Å². The van der Waals surface area contributed by atoms with E-state index < -0.39 is 0 Å². The van der Waals surface area contributed by atoms with Crippen LogP contribution in [0.3, 0.4) is 0 Å². The molecule has 0 fully saturated rings. The molecule has 0 unspecified atom stereocenters. The third-order valence-corrected chi connectivity index (χ3v) is 4.70. The van der Waals surface area contributed by atoms with E-state index >= 15 is 0 Å². The number of amides is 1. The van der Waals surface area contributed by atoms with Crippen molar-refractivity contribution in [3.05, 3.63) is 52.5 Å². The molecule has 0 saturated heterocycles. The molecule has 1 amide bonds. The minimum absolute atomic E-state index is 0.0294. The van der Waals surface area contributed by atoms with Crippen molar-refractivity contribution in [3.63, 3.8) is 0 Å². The Kier molecular flexibility index (Phi) is 5.25. The summed E-state index contributed by atoms with van der Waals surface area (Å²) in [6.07, 6.45) is 4.55. The zero-order chi connectivity index (χ0) is 18.7. The fourth-order valence-corrected chi connectivity index (χ4v) is 3.27. The Labute approximate surface area is 152 Å². The van der Waals surface area contributed by atoms with Gasteiger partial charge in [-0.15, -0.1) is 0 Å². The van der Waals surface area contributed by atoms with Gasteiger partial charge in [-0.05, 0) is 45.4 Å². The summed E-state index contributed by atoms with van der Waals surface area (Å²) in [5, 5.41) is 2.95. The van der Waals surface area contributed by atoms with Gasteiger partial charge in [-0.2, -0.15) is 0 Å². The highest BCUT2D eigenvalue weighted by Gasteiger charge is 2.14. The molecule has 0 aliphatic heterocycles. The van der Waals surface area contributed by atoms with Gasteiger partial charge in [-0.3, -0.25) is 13.9 Å². The minimum Gasteiger partial charge on any atom is -0.352 e. The van der Waals surface area contributed by atoms with E-state index in [-0.39, 0.29) is 11.6 Å². The van der Waals surface area contributed by atoms with Gasteiger partial charge in [0, 0.05) is 44.1 Å². The number of fused-ring (bicyclic) bond motifs is 1. The molecule has 3 aromatic rings. The summed E-state index contributed by atoms with van der Waals surface area (Å²) >= 11 is 0. The molecule has 0 radical (unpaired) electrons. The number of carbonyl (C=O) groups excluding carboxylic acids is 1. The first-order valence-corrected chi connectivity index (χ1v) is 9.05. The molecule has 0 saturated carbocycles. The topological polar surface area (TPSA) is 73.8 Å². The first kappa shape index (κ1) is 18.0. The van der Waals surface area contributed by atoms with Crippen LogP contribution in [-0.4, -0.2) is 31.1 Å². The number of imidazole rings is 2. The number of aryl methyl sites for hydroxylation is 4. The maximum absolute atomic E-state index is 12.5. The molecule has 7 heteroatoms. The van der Waals surface area contributed by atoms with Crippen LogP contribution in [0.5, 0.6) is 0 Å². The maximum Gasteiger partial charge on any atom is 0.329 e. The molecule has 26 heavy (non-hydrogen) atoms. The molecule has 0 aliphatic rings. The van der Waals surface area contributed by atoms with Crippen molar-refractivity contribution < 1.29 is 4.79 Å². The summed E-state index contributed by atoms with van der Waals surface area (Å²) in [5.74, 6) is 0.855. The van der Waals surface area contributed by atoms with Crippen LogP contribution in [0, 0.1) is 6.92 Å². The van der Waals surface area contributed by atoms with E-state index in [0.29, 0.717) is 25.2 Å². The molecule has 7 nitrogen and oxygen atoms in total. The Bertz CT molecular complexity index is 980. The second kappa shape index (κ2) is 7.59. The highest BCUT2D eigenvalue weighted by molar-refractivity contribution is 5.97. The van der Waals surface area contributed by atoms with Gasteiger partial charge >= 0.3 is 5.69 Å². The molecule has 1 aromatic carbocycles. The third-order valence-electron chi connectivity index (χ3n) is 4.70. The molecular weight excluding hydrogens is 330 g/mol. The predicted octanol–water partition coefficient (Wildman–Crippen LogP) is 2.17. The van der Waals surface area contributed by atoms with Crippen molar-refractivity contribution in [2.45, 2.75) is 46.8 Å². The highest BCUT2D eigenvalue weighted by atomic mass is 16.2. The molecule has 0 aliphatic carbocycles. The normalized spacial score (nSPS) is 11.2. The Hall–Kier alpha value is -2.83. The molecule has 0 atom stereocenters. The third kappa shape index (κ3) is 3.29. The Morgan fingerprint density at radius 3 is 2.54 bits per heavy atom. The van der Waals surface area contributed by atoms with Gasteiger partial charge < -0.3 is 9.88 Å². The van der Waals surface area contributed by atoms with Crippen molar-refractivity contribution >= 4 is 16.9 Å². The summed E-state index contributed by atoms with van der Waals surface area (Å²) < 4.78 is 5.50. The number of carbonyl (C=O) groups is 1. The monoisotopic (exact) mass is 355 g/mol. The largest absolute Gasteiger partial charge is 0.352 e. The molecule has 0 spiro atoms. The number of hydrogen-bond donors (Lipinski definition) is 1. The summed E-state index contributed by atoms with van der Waals surface area (Å²) in [6.45, 7) is 8.45. The maximum atomic E-state index is 12.5. The van der Waals surface area contributed by atoms with Crippen molar-refractivity contribution in [3.8, 4) is 0 Å². The zero-order valence-corrected chi connectivity index (χ0v) is 15.5. The lowest BCUT2D eigenvalue weighted by Gasteiger charge is -2.08. The van der Waals surface area contributed by atoms with E-state index in [4.69, 9.17) is 0 Å². The second-order valence-electron chi connectivity index (χ2n) is 6.25. The van der Waals surface area contributed by atoms with E-state index in [1.165, 1.54) is 0 Å². The van der Waals surface area contributed by atoms with Crippen LogP contribution in [0.1, 0.15) is 36.5 Å². The van der Waals surface area contributed by atoms with E-state index in [1.54, 1.807) is 21.4 Å². The summed E-state index contributed by atoms with van der Waals surface area (Å²) in [4.78, 5) is 29.0. The number of benzene rings is 1. The number of rotatable bonds is 7. The van der Waals surface area contributed by atoms with Crippen LogP contribution in [0.15, 0.2) is 35.4 Å². The van der Waals surface area contributed by atoms with Crippen LogP contribution < -0.4 is 11.0 Å². The standard InChI is InChI=1S/C19H25N5O2/c1-4-23-16-8-7-15(13-17(16)24(5-2)19(23)26)18(25)21-9-6-11-22-12-10-20-14(22)3/h7-8,10,12-13H,4-6,9,11H2,1-3H3,(H,21,25). The Balaban J connectivity index is 1.70. The molecule has 2 heterocycles. The van der Waals surface area contributed by atoms with Crippen LogP contribution in [0.25, 0.3) is 11.0 Å². The van der Waals surface area contributed by atoms with Crippen molar-refractivity contribution in [1.29, 1.82) is 0 Å². The molecule has 2 aromatic heterocycles. The molecule has 1 N–H and O–H groups in total. The van der Waals surface area contributed by atoms with Gasteiger partial charge in [-0.1, -0.05) is 0 Å². The lowest BCUT2D eigenvalue weighted by atomic mass is 10.2. The summed E-state index contributed by atoms with van der Waals surface area (Å²) in [5.41, 5.74) is 2.22. The van der Waals surface area contributed by atoms with Gasteiger partial charge in [0.15, 0.2) is 0 Å². The molecular formula is C19H25N5O2. The first-order valence-electron chi connectivity index (χ1n) is 9.05. The zero-order valence-electron chi connectivity index (χ0n) is 15.5. The molecule has 3 rings (SSSR count). The highest BCUT2D eigenvalue weighted by Crippen LogP contribution is 2.16. The predicted molar refractivity (Wildman–Crippen MR) is 101 cm³/mol. The fraction of sp³-hybridized carbons (Fsp3) is 0.421. The van der Waals surface area contributed by atoms with Crippen LogP contribution in [-0.2, 0) is 19.6 Å². The van der Waals surface area contributed by atoms with Crippen molar-refractivity contribution in [2.75, 3.05) is 6.54 Å². The second-order valence-corrected chi connectivity index (χ2v) is 6.25. The summed E-state index contributed by atoms with van der Waals surface area (Å²) in [6, 6.07) is 5.45. The number of nitrogens with one attached hydrogen (secondary N) is 1. The smallest absolute Gasteiger partial charge is 0.329 e. The molecule has 0 bridgehead atoms. The van der Waals surface area contributed by atoms with Crippen LogP contribution in [0.4, 0.5) is 0 Å². The van der Waals surface area contributed by atoms with Gasteiger partial charge in [0.05, 0.1) is 11.0 Å². The number of nitrogens with zero attached hydrogens (tertiary/aromatic N) is 4. The van der Waals surface area contributed by atoms with E-state index in [0.717, 1.165) is 29.8 Å². The fourth-order valence-electron chi connectivity index (χ4n) is 3.27. The van der Waals surface area contributed by atoms with E-state index in [2.05, 4.69) is 14.9 Å². The van der Waals surface area contributed by atoms with Crippen molar-refractivity contribution in [1.82, 2.24) is 24.0 Å². The lowest BCUT2D eigenvalue weighted by Crippen LogP contribution is -2.25. The summed E-state index contributed by atoms with van der Waals surface area (Å²) in [7, 11) is 0. The minimum atomic E-state index is -0.117. The van der Waals surface area contributed by atoms with E-state index in [9.17, 15) is 9.59 Å². The quantitative estimate of drug-likeness (QED) is 0.660. The molecule has 138 valence electrons. The SMILES string of the molecule is CCn1c(=O)n(CC)c2cc(C(=O)NCCCn3ccnc3C)ccc21. The Morgan fingerprint density at radius 2 is 1.88 bits per heavy atom. The Morgan fingerprint density at radius 1 is 1.15 bits per heavy atom. The lowest BCUT2D eigenvalue weighted by molar-refractivity contribution is 0.0953.